The molecule has 0 aliphatic rings. The molecular weight excluding hydrogens is 271 g/mol. The van der Waals surface area contributed by atoms with Crippen molar-refractivity contribution in [2.24, 2.45) is 0 Å². The van der Waals surface area contributed by atoms with E-state index < -0.39 is 5.82 Å². The Hall–Kier alpha value is -3.02. The molecule has 0 bridgehead atoms. The van der Waals surface area contributed by atoms with Crippen LogP contribution in [0.5, 0.6) is 0 Å². The molecule has 0 atom stereocenters. The van der Waals surface area contributed by atoms with E-state index in [0.717, 1.165) is 0 Å². The first-order valence-electron chi connectivity index (χ1n) is 6.25. The zero-order valence-electron chi connectivity index (χ0n) is 10.9. The molecule has 6 heteroatoms. The topological polar surface area (TPSA) is 59.8 Å². The fourth-order valence-electron chi connectivity index (χ4n) is 1.83. The standard InChI is InChI=1S/C15H11FN4O/c16-12-3-1-4-13(9-12)19-15(21)11-5-6-14(17-10-11)20-8-2-7-18-20/h1-10H,(H,19,21). The minimum atomic E-state index is -0.403. The van der Waals surface area contributed by atoms with Gasteiger partial charge in [-0.15, -0.1) is 0 Å². The molecule has 5 nitrogen and oxygen atoms in total. The second kappa shape index (κ2) is 5.54. The summed E-state index contributed by atoms with van der Waals surface area (Å²) in [6, 6.07) is 10.8. The lowest BCUT2D eigenvalue weighted by atomic mass is 10.2. The molecule has 0 aliphatic carbocycles. The van der Waals surface area contributed by atoms with Crippen LogP contribution in [0.15, 0.2) is 61.1 Å². The zero-order chi connectivity index (χ0) is 14.7. The molecule has 0 aliphatic heterocycles. The number of carbonyl (C=O) groups excluding carboxylic acids is 1. The largest absolute Gasteiger partial charge is 0.322 e. The summed E-state index contributed by atoms with van der Waals surface area (Å²) >= 11 is 0. The fourth-order valence-corrected chi connectivity index (χ4v) is 1.83. The summed E-state index contributed by atoms with van der Waals surface area (Å²) in [5.41, 5.74) is 0.784. The third kappa shape index (κ3) is 2.94. The number of halogens is 1. The summed E-state index contributed by atoms with van der Waals surface area (Å²) in [5.74, 6) is -0.137. The van der Waals surface area contributed by atoms with Gasteiger partial charge in [-0.05, 0) is 36.4 Å². The van der Waals surface area contributed by atoms with Gasteiger partial charge in [-0.2, -0.15) is 5.10 Å². The molecule has 2 heterocycles. The highest BCUT2D eigenvalue weighted by molar-refractivity contribution is 6.04. The van der Waals surface area contributed by atoms with Crippen molar-refractivity contribution in [3.8, 4) is 5.82 Å². The van der Waals surface area contributed by atoms with Crippen LogP contribution in [0.1, 0.15) is 10.4 Å². The SMILES string of the molecule is O=C(Nc1cccc(F)c1)c1ccc(-n2cccn2)nc1. The molecule has 3 aromatic rings. The lowest BCUT2D eigenvalue weighted by molar-refractivity contribution is 0.102. The van der Waals surface area contributed by atoms with Crippen molar-refractivity contribution in [3.05, 3.63) is 72.4 Å². The number of benzene rings is 1. The van der Waals surface area contributed by atoms with Crippen LogP contribution in [-0.2, 0) is 0 Å². The zero-order valence-corrected chi connectivity index (χ0v) is 10.9. The van der Waals surface area contributed by atoms with Gasteiger partial charge in [-0.3, -0.25) is 4.79 Å². The van der Waals surface area contributed by atoms with Gasteiger partial charge in [-0.1, -0.05) is 6.07 Å². The molecule has 1 aromatic carbocycles. The number of hydrogen-bond donors (Lipinski definition) is 1. The lowest BCUT2D eigenvalue weighted by Crippen LogP contribution is -2.12. The van der Waals surface area contributed by atoms with E-state index in [1.807, 2.05) is 0 Å². The fraction of sp³-hybridized carbons (Fsp3) is 0. The van der Waals surface area contributed by atoms with E-state index in [0.29, 0.717) is 17.1 Å². The summed E-state index contributed by atoms with van der Waals surface area (Å²) < 4.78 is 14.6. The van der Waals surface area contributed by atoms with Crippen LogP contribution in [-0.4, -0.2) is 20.7 Å². The highest BCUT2D eigenvalue weighted by Crippen LogP contribution is 2.11. The van der Waals surface area contributed by atoms with E-state index in [2.05, 4.69) is 15.4 Å². The van der Waals surface area contributed by atoms with E-state index in [1.54, 1.807) is 41.3 Å². The third-order valence-electron chi connectivity index (χ3n) is 2.83. The first-order chi connectivity index (χ1) is 10.2. The van der Waals surface area contributed by atoms with Crippen molar-refractivity contribution in [1.29, 1.82) is 0 Å². The van der Waals surface area contributed by atoms with Crippen molar-refractivity contribution in [3.63, 3.8) is 0 Å². The van der Waals surface area contributed by atoms with E-state index in [9.17, 15) is 9.18 Å². The Morgan fingerprint density at radius 2 is 2.10 bits per heavy atom. The van der Waals surface area contributed by atoms with Crippen molar-refractivity contribution in [2.45, 2.75) is 0 Å². The average molecular weight is 282 g/mol. The average Bonchev–Trinajstić information content (AvgIpc) is 3.01. The van der Waals surface area contributed by atoms with Crippen LogP contribution in [0.4, 0.5) is 10.1 Å². The molecule has 0 saturated heterocycles. The summed E-state index contributed by atoms with van der Waals surface area (Å²) in [4.78, 5) is 16.2. The van der Waals surface area contributed by atoms with Crippen LogP contribution in [0.3, 0.4) is 0 Å². The predicted octanol–water partition coefficient (Wildman–Crippen LogP) is 2.66. The number of anilines is 1. The normalized spacial score (nSPS) is 10.3. The van der Waals surface area contributed by atoms with Crippen molar-refractivity contribution in [2.75, 3.05) is 5.32 Å². The summed E-state index contributed by atoms with van der Waals surface area (Å²) in [5, 5.41) is 6.66. The molecule has 0 spiro atoms. The van der Waals surface area contributed by atoms with Crippen LogP contribution < -0.4 is 5.32 Å². The van der Waals surface area contributed by atoms with Gasteiger partial charge in [-0.25, -0.2) is 14.1 Å². The van der Waals surface area contributed by atoms with E-state index >= 15 is 0 Å². The molecular formula is C15H11FN4O. The maximum atomic E-state index is 13.1. The monoisotopic (exact) mass is 282 g/mol. The van der Waals surface area contributed by atoms with Crippen LogP contribution >= 0.6 is 0 Å². The maximum absolute atomic E-state index is 13.1. The summed E-state index contributed by atoms with van der Waals surface area (Å²) in [7, 11) is 0. The van der Waals surface area contributed by atoms with E-state index in [1.165, 1.54) is 24.4 Å². The maximum Gasteiger partial charge on any atom is 0.257 e. The van der Waals surface area contributed by atoms with Crippen LogP contribution in [0, 0.1) is 5.82 Å². The molecule has 1 N–H and O–H groups in total. The van der Waals surface area contributed by atoms with Crippen molar-refractivity contribution >= 4 is 11.6 Å². The Balaban J connectivity index is 1.76. The van der Waals surface area contributed by atoms with Gasteiger partial charge in [0, 0.05) is 24.3 Å². The second-order valence-electron chi connectivity index (χ2n) is 4.32. The quantitative estimate of drug-likeness (QED) is 0.803. The second-order valence-corrected chi connectivity index (χ2v) is 4.32. The lowest BCUT2D eigenvalue weighted by Gasteiger charge is -2.06. The van der Waals surface area contributed by atoms with Gasteiger partial charge in [0.05, 0.1) is 5.56 Å². The molecule has 0 fully saturated rings. The van der Waals surface area contributed by atoms with Gasteiger partial charge >= 0.3 is 0 Å². The minimum absolute atomic E-state index is 0.347. The molecule has 3 rings (SSSR count). The molecule has 2 aromatic heterocycles. The van der Waals surface area contributed by atoms with E-state index in [-0.39, 0.29) is 5.91 Å². The Morgan fingerprint density at radius 1 is 1.19 bits per heavy atom. The number of aromatic nitrogens is 3. The minimum Gasteiger partial charge on any atom is -0.322 e. The highest BCUT2D eigenvalue weighted by atomic mass is 19.1. The number of nitrogens with zero attached hydrogens (tertiary/aromatic N) is 3. The summed E-state index contributed by atoms with van der Waals surface area (Å²) in [6.45, 7) is 0. The third-order valence-corrected chi connectivity index (χ3v) is 2.83. The Bertz CT molecular complexity index is 754. The first-order valence-corrected chi connectivity index (χ1v) is 6.25. The highest BCUT2D eigenvalue weighted by Gasteiger charge is 2.08. The van der Waals surface area contributed by atoms with Gasteiger partial charge in [0.1, 0.15) is 5.82 Å². The van der Waals surface area contributed by atoms with Crippen molar-refractivity contribution in [1.82, 2.24) is 14.8 Å². The Labute approximate surface area is 120 Å². The first kappa shape index (κ1) is 13.0. The van der Waals surface area contributed by atoms with Gasteiger partial charge in [0.25, 0.3) is 5.91 Å². The molecule has 104 valence electrons. The number of hydrogen-bond acceptors (Lipinski definition) is 3. The van der Waals surface area contributed by atoms with Crippen molar-refractivity contribution < 1.29 is 9.18 Å². The number of pyridine rings is 1. The van der Waals surface area contributed by atoms with Crippen LogP contribution in [0.25, 0.3) is 5.82 Å². The number of rotatable bonds is 3. The van der Waals surface area contributed by atoms with Gasteiger partial charge < -0.3 is 5.32 Å². The molecule has 0 unspecified atom stereocenters. The smallest absolute Gasteiger partial charge is 0.257 e. The molecule has 21 heavy (non-hydrogen) atoms. The molecule has 0 radical (unpaired) electrons. The number of nitrogens with one attached hydrogen (secondary N) is 1. The summed E-state index contributed by atoms with van der Waals surface area (Å²) in [6.07, 6.45) is 4.85. The Morgan fingerprint density at radius 3 is 2.76 bits per heavy atom. The van der Waals surface area contributed by atoms with Crippen LogP contribution in [0.2, 0.25) is 0 Å². The van der Waals surface area contributed by atoms with Gasteiger partial charge in [0.2, 0.25) is 0 Å². The van der Waals surface area contributed by atoms with E-state index in [4.69, 9.17) is 0 Å². The predicted molar refractivity (Wildman–Crippen MR) is 75.7 cm³/mol. The Kier molecular flexibility index (Phi) is 3.42. The molecule has 1 amide bonds. The van der Waals surface area contributed by atoms with Gasteiger partial charge in [0.15, 0.2) is 5.82 Å². The number of amides is 1. The number of carbonyl (C=O) groups is 1. The molecule has 0 saturated carbocycles.